The number of hydrogen-bond donors (Lipinski definition) is 0. The molecule has 1 nitrogen and oxygen atoms in total. The molecule has 1 heterocycles. The van der Waals surface area contributed by atoms with Gasteiger partial charge in [0.05, 0.1) is 0 Å². The molecule has 106 valence electrons. The highest BCUT2D eigenvalue weighted by molar-refractivity contribution is 6.31. The van der Waals surface area contributed by atoms with E-state index >= 15 is 0 Å². The number of piperidine rings is 1. The number of hydrogen-bond acceptors (Lipinski definition) is 1. The highest BCUT2D eigenvalue weighted by atomic mass is 35.5. The molecule has 0 amide bonds. The van der Waals surface area contributed by atoms with Crippen molar-refractivity contribution in [1.82, 2.24) is 4.90 Å². The lowest BCUT2D eigenvalue weighted by Crippen LogP contribution is -2.37. The Labute approximate surface area is 123 Å². The summed E-state index contributed by atoms with van der Waals surface area (Å²) < 4.78 is 0. The predicted octanol–water partition coefficient (Wildman–Crippen LogP) is 5.05. The minimum absolute atomic E-state index is 0.504. The molecule has 0 aromatic heterocycles. The molecular weight excluding hydrogens is 254 g/mol. The van der Waals surface area contributed by atoms with Crippen molar-refractivity contribution in [3.63, 3.8) is 0 Å². The van der Waals surface area contributed by atoms with Crippen LogP contribution in [0.1, 0.15) is 63.5 Å². The first-order chi connectivity index (χ1) is 8.99. The number of nitrogens with zero attached hydrogens (tertiary/aromatic N) is 1. The molecular formula is C17H26ClN. The van der Waals surface area contributed by atoms with E-state index in [1.807, 2.05) is 0 Å². The monoisotopic (exact) mass is 279 g/mol. The van der Waals surface area contributed by atoms with E-state index in [9.17, 15) is 0 Å². The zero-order valence-electron chi connectivity index (χ0n) is 12.6. The zero-order valence-corrected chi connectivity index (χ0v) is 13.4. The van der Waals surface area contributed by atoms with E-state index in [4.69, 9.17) is 11.6 Å². The first-order valence-corrected chi connectivity index (χ1v) is 7.90. The third-order valence-corrected chi connectivity index (χ3v) is 4.71. The van der Waals surface area contributed by atoms with Crippen LogP contribution in [0.4, 0.5) is 0 Å². The topological polar surface area (TPSA) is 3.24 Å². The molecule has 2 rings (SSSR count). The van der Waals surface area contributed by atoms with Gasteiger partial charge in [-0.15, -0.1) is 0 Å². The van der Waals surface area contributed by atoms with Crippen molar-refractivity contribution in [1.29, 1.82) is 0 Å². The molecule has 0 unspecified atom stereocenters. The Balaban J connectivity index is 2.06. The van der Waals surface area contributed by atoms with Gasteiger partial charge in [-0.3, -0.25) is 0 Å². The molecule has 0 N–H and O–H groups in total. The van der Waals surface area contributed by atoms with Crippen molar-refractivity contribution >= 4 is 11.6 Å². The Hall–Kier alpha value is -0.530. The lowest BCUT2D eigenvalue weighted by molar-refractivity contribution is 0.172. The van der Waals surface area contributed by atoms with Gasteiger partial charge in [0, 0.05) is 11.1 Å². The number of rotatable bonds is 3. The van der Waals surface area contributed by atoms with Gasteiger partial charge in [-0.05, 0) is 68.8 Å². The van der Waals surface area contributed by atoms with Gasteiger partial charge in [-0.1, -0.05) is 37.6 Å². The van der Waals surface area contributed by atoms with Gasteiger partial charge < -0.3 is 4.90 Å². The van der Waals surface area contributed by atoms with Gasteiger partial charge >= 0.3 is 0 Å². The Bertz CT molecular complexity index is 417. The predicted molar refractivity (Wildman–Crippen MR) is 84.2 cm³/mol. The second-order valence-electron chi connectivity index (χ2n) is 6.34. The molecule has 0 atom stereocenters. The zero-order chi connectivity index (χ0) is 14.0. The Morgan fingerprint density at radius 2 is 1.74 bits per heavy atom. The van der Waals surface area contributed by atoms with Crippen LogP contribution in [0.5, 0.6) is 0 Å². The maximum atomic E-state index is 6.41. The Kier molecular flexibility index (Phi) is 4.92. The van der Waals surface area contributed by atoms with Crippen molar-refractivity contribution in [3.8, 4) is 0 Å². The maximum absolute atomic E-state index is 6.41. The van der Waals surface area contributed by atoms with Crippen LogP contribution in [-0.4, -0.2) is 24.0 Å². The molecule has 2 heteroatoms. The summed E-state index contributed by atoms with van der Waals surface area (Å²) in [5, 5.41) is 0.943. The van der Waals surface area contributed by atoms with Crippen LogP contribution in [0.25, 0.3) is 0 Å². The lowest BCUT2D eigenvalue weighted by atomic mass is 9.87. The average molecular weight is 280 g/mol. The highest BCUT2D eigenvalue weighted by Gasteiger charge is 2.22. The molecule has 0 radical (unpaired) electrons. The fourth-order valence-electron chi connectivity index (χ4n) is 3.01. The highest BCUT2D eigenvalue weighted by Crippen LogP contribution is 2.33. The molecule has 1 aromatic rings. The number of benzene rings is 1. The maximum Gasteiger partial charge on any atom is 0.0443 e. The largest absolute Gasteiger partial charge is 0.301 e. The SMILES string of the molecule is CC(C)c1ccc(C2CCN(C(C)C)CC2)cc1Cl. The van der Waals surface area contributed by atoms with Gasteiger partial charge in [-0.2, -0.15) is 0 Å². The molecule has 0 aliphatic carbocycles. The first-order valence-electron chi connectivity index (χ1n) is 7.52. The van der Waals surface area contributed by atoms with Gasteiger partial charge in [0.1, 0.15) is 0 Å². The minimum atomic E-state index is 0.504. The molecule has 0 spiro atoms. The molecule has 1 aliphatic rings. The van der Waals surface area contributed by atoms with Crippen LogP contribution in [0, 0.1) is 0 Å². The van der Waals surface area contributed by atoms with E-state index in [1.165, 1.54) is 37.1 Å². The molecule has 19 heavy (non-hydrogen) atoms. The van der Waals surface area contributed by atoms with Crippen molar-refractivity contribution in [3.05, 3.63) is 34.3 Å². The van der Waals surface area contributed by atoms with E-state index in [1.54, 1.807) is 0 Å². The summed E-state index contributed by atoms with van der Waals surface area (Å²) in [7, 11) is 0. The van der Waals surface area contributed by atoms with Gasteiger partial charge in [0.25, 0.3) is 0 Å². The summed E-state index contributed by atoms with van der Waals surface area (Å²) in [5.74, 6) is 1.19. The third kappa shape index (κ3) is 3.52. The van der Waals surface area contributed by atoms with E-state index in [-0.39, 0.29) is 0 Å². The van der Waals surface area contributed by atoms with E-state index in [0.717, 1.165) is 5.02 Å². The van der Waals surface area contributed by atoms with Crippen molar-refractivity contribution in [2.45, 2.75) is 58.4 Å². The summed E-state index contributed by atoms with van der Waals surface area (Å²) in [4.78, 5) is 2.57. The van der Waals surface area contributed by atoms with Gasteiger partial charge in [-0.25, -0.2) is 0 Å². The molecule has 0 bridgehead atoms. The van der Waals surface area contributed by atoms with Crippen molar-refractivity contribution in [2.24, 2.45) is 0 Å². The quantitative estimate of drug-likeness (QED) is 0.748. The molecule has 1 aromatic carbocycles. The fraction of sp³-hybridized carbons (Fsp3) is 0.647. The van der Waals surface area contributed by atoms with E-state index < -0.39 is 0 Å². The standard InChI is InChI=1S/C17H26ClN/c1-12(2)16-6-5-15(11-17(16)18)14-7-9-19(10-8-14)13(3)4/h5-6,11-14H,7-10H2,1-4H3. The number of halogens is 1. The van der Waals surface area contributed by atoms with E-state index in [0.29, 0.717) is 17.9 Å². The van der Waals surface area contributed by atoms with Gasteiger partial charge in [0.2, 0.25) is 0 Å². The van der Waals surface area contributed by atoms with Crippen LogP contribution in [0.3, 0.4) is 0 Å². The van der Waals surface area contributed by atoms with E-state index in [2.05, 4.69) is 50.8 Å². The van der Waals surface area contributed by atoms with Crippen LogP contribution in [0.2, 0.25) is 5.02 Å². The normalized spacial score (nSPS) is 18.5. The van der Waals surface area contributed by atoms with Gasteiger partial charge in [0.15, 0.2) is 0 Å². The first kappa shape index (κ1) is 14.9. The lowest BCUT2D eigenvalue weighted by Gasteiger charge is -2.35. The smallest absolute Gasteiger partial charge is 0.0443 e. The number of likely N-dealkylation sites (tertiary alicyclic amines) is 1. The van der Waals surface area contributed by atoms with Crippen LogP contribution < -0.4 is 0 Å². The summed E-state index contributed by atoms with van der Waals surface area (Å²) in [6, 6.07) is 7.38. The third-order valence-electron chi connectivity index (χ3n) is 4.38. The summed E-state index contributed by atoms with van der Waals surface area (Å²) in [6.07, 6.45) is 2.52. The summed E-state index contributed by atoms with van der Waals surface area (Å²) in [6.45, 7) is 11.4. The minimum Gasteiger partial charge on any atom is -0.301 e. The average Bonchev–Trinajstić information content (AvgIpc) is 2.38. The van der Waals surface area contributed by atoms with Crippen molar-refractivity contribution < 1.29 is 0 Å². The van der Waals surface area contributed by atoms with Crippen molar-refractivity contribution in [2.75, 3.05) is 13.1 Å². The molecule has 1 fully saturated rings. The Morgan fingerprint density at radius 3 is 2.21 bits per heavy atom. The summed E-state index contributed by atoms with van der Waals surface area (Å²) >= 11 is 6.41. The second kappa shape index (κ2) is 6.28. The molecule has 0 saturated carbocycles. The molecule has 1 saturated heterocycles. The van der Waals surface area contributed by atoms with Crippen LogP contribution in [-0.2, 0) is 0 Å². The van der Waals surface area contributed by atoms with Crippen LogP contribution in [0.15, 0.2) is 18.2 Å². The summed E-state index contributed by atoms with van der Waals surface area (Å²) in [5.41, 5.74) is 2.70. The Morgan fingerprint density at radius 1 is 1.11 bits per heavy atom. The second-order valence-corrected chi connectivity index (χ2v) is 6.75. The molecule has 1 aliphatic heterocycles. The fourth-order valence-corrected chi connectivity index (χ4v) is 3.42. The van der Waals surface area contributed by atoms with Crippen LogP contribution >= 0.6 is 11.6 Å².